The maximum absolute atomic E-state index is 12.1. The quantitative estimate of drug-likeness (QED) is 0.666. The predicted octanol–water partition coefficient (Wildman–Crippen LogP) is 2.68. The minimum Gasteiger partial charge on any atom is -0.477 e. The Bertz CT molecular complexity index is 531. The monoisotopic (exact) mass is 292 g/mol. The van der Waals surface area contributed by atoms with Crippen LogP contribution in [-0.2, 0) is 0 Å². The summed E-state index contributed by atoms with van der Waals surface area (Å²) in [4.78, 5) is 21.8. The van der Waals surface area contributed by atoms with Gasteiger partial charge in [-0.3, -0.25) is 10.1 Å². The Kier molecular flexibility index (Phi) is 4.53. The molecule has 6 nitrogen and oxygen atoms in total. The Morgan fingerprint density at radius 3 is 2.50 bits per heavy atom. The SMILES string of the molecule is CN(CCC(F)(F)F)c1ccc(C(=O)O)c([N+](=O)[O-])c1. The summed E-state index contributed by atoms with van der Waals surface area (Å²) in [7, 11) is 1.34. The molecule has 0 atom stereocenters. The van der Waals surface area contributed by atoms with Crippen molar-refractivity contribution in [1.29, 1.82) is 0 Å². The van der Waals surface area contributed by atoms with Gasteiger partial charge in [-0.15, -0.1) is 0 Å². The molecule has 9 heteroatoms. The third-order valence-electron chi connectivity index (χ3n) is 2.58. The van der Waals surface area contributed by atoms with Crippen molar-refractivity contribution in [2.45, 2.75) is 12.6 Å². The number of carboxylic acids is 1. The number of nitrogens with zero attached hydrogens (tertiary/aromatic N) is 2. The van der Waals surface area contributed by atoms with E-state index in [2.05, 4.69) is 0 Å². The molecule has 0 aromatic heterocycles. The van der Waals surface area contributed by atoms with Crippen molar-refractivity contribution in [2.75, 3.05) is 18.5 Å². The average molecular weight is 292 g/mol. The van der Waals surface area contributed by atoms with Gasteiger partial charge in [-0.2, -0.15) is 13.2 Å². The average Bonchev–Trinajstić information content (AvgIpc) is 2.34. The van der Waals surface area contributed by atoms with E-state index < -0.39 is 34.7 Å². The molecule has 0 unspecified atom stereocenters. The molecule has 0 aliphatic rings. The summed E-state index contributed by atoms with van der Waals surface area (Å²) in [5.41, 5.74) is -1.03. The predicted molar refractivity (Wildman–Crippen MR) is 64.0 cm³/mol. The first kappa shape index (κ1) is 15.7. The van der Waals surface area contributed by atoms with Gasteiger partial charge in [-0.25, -0.2) is 4.79 Å². The summed E-state index contributed by atoms with van der Waals surface area (Å²) in [5.74, 6) is -1.47. The first-order chi connectivity index (χ1) is 9.11. The Morgan fingerprint density at radius 1 is 1.45 bits per heavy atom. The number of anilines is 1. The zero-order valence-corrected chi connectivity index (χ0v) is 10.3. The summed E-state index contributed by atoms with van der Waals surface area (Å²) < 4.78 is 36.3. The minimum atomic E-state index is -4.33. The summed E-state index contributed by atoms with van der Waals surface area (Å²) in [6, 6.07) is 3.17. The number of hydrogen-bond donors (Lipinski definition) is 1. The Labute approximate surface area is 111 Å². The minimum absolute atomic E-state index is 0.144. The molecule has 0 saturated carbocycles. The van der Waals surface area contributed by atoms with E-state index >= 15 is 0 Å². The van der Waals surface area contributed by atoms with Crippen LogP contribution < -0.4 is 4.90 Å². The molecule has 0 aliphatic heterocycles. The van der Waals surface area contributed by atoms with Crippen LogP contribution in [0.2, 0.25) is 0 Å². The normalized spacial score (nSPS) is 11.2. The van der Waals surface area contributed by atoms with E-state index in [-0.39, 0.29) is 12.2 Å². The number of carboxylic acid groups (broad SMARTS) is 1. The van der Waals surface area contributed by atoms with E-state index in [1.165, 1.54) is 18.0 Å². The molecule has 0 aliphatic carbocycles. The van der Waals surface area contributed by atoms with Gasteiger partial charge in [0.05, 0.1) is 11.3 Å². The van der Waals surface area contributed by atoms with Gasteiger partial charge in [0.2, 0.25) is 0 Å². The summed E-state index contributed by atoms with van der Waals surface area (Å²) in [6.45, 7) is -0.382. The molecule has 0 heterocycles. The van der Waals surface area contributed by atoms with E-state index in [1.54, 1.807) is 0 Å². The number of nitro groups is 1. The third-order valence-corrected chi connectivity index (χ3v) is 2.58. The van der Waals surface area contributed by atoms with Crippen molar-refractivity contribution < 1.29 is 28.0 Å². The van der Waals surface area contributed by atoms with Gasteiger partial charge >= 0.3 is 12.1 Å². The van der Waals surface area contributed by atoms with Gasteiger partial charge in [0, 0.05) is 25.3 Å². The summed E-state index contributed by atoms with van der Waals surface area (Å²) in [6.07, 6.45) is -5.40. The Balaban J connectivity index is 3.00. The third kappa shape index (κ3) is 4.11. The van der Waals surface area contributed by atoms with Crippen molar-refractivity contribution in [3.8, 4) is 0 Å². The summed E-state index contributed by atoms with van der Waals surface area (Å²) in [5, 5.41) is 19.5. The number of nitro benzene ring substituents is 1. The van der Waals surface area contributed by atoms with Gasteiger partial charge in [-0.1, -0.05) is 0 Å². The van der Waals surface area contributed by atoms with Gasteiger partial charge in [0.15, 0.2) is 0 Å². The standard InChI is InChI=1S/C11H11F3N2O4/c1-15(5-4-11(12,13)14)7-2-3-8(10(17)18)9(6-7)16(19)20/h2-3,6H,4-5H2,1H3,(H,17,18). The molecule has 0 fully saturated rings. The van der Waals surface area contributed by atoms with E-state index in [9.17, 15) is 28.1 Å². The van der Waals surface area contributed by atoms with E-state index in [0.717, 1.165) is 12.1 Å². The molecular weight excluding hydrogens is 281 g/mol. The van der Waals surface area contributed by atoms with Crippen LogP contribution in [0.5, 0.6) is 0 Å². The Hall–Kier alpha value is -2.32. The van der Waals surface area contributed by atoms with Crippen LogP contribution in [0.3, 0.4) is 0 Å². The van der Waals surface area contributed by atoms with Crippen molar-refractivity contribution in [1.82, 2.24) is 0 Å². The molecule has 0 saturated heterocycles. The number of alkyl halides is 3. The lowest BCUT2D eigenvalue weighted by Crippen LogP contribution is -2.24. The first-order valence-corrected chi connectivity index (χ1v) is 5.41. The number of aromatic carboxylic acids is 1. The van der Waals surface area contributed by atoms with Crippen molar-refractivity contribution in [3.05, 3.63) is 33.9 Å². The molecular formula is C11H11F3N2O4. The van der Waals surface area contributed by atoms with Crippen LogP contribution in [-0.4, -0.2) is 35.8 Å². The lowest BCUT2D eigenvalue weighted by molar-refractivity contribution is -0.385. The number of hydrogen-bond acceptors (Lipinski definition) is 4. The van der Waals surface area contributed by atoms with E-state index in [4.69, 9.17) is 5.11 Å². The maximum Gasteiger partial charge on any atom is 0.390 e. The fraction of sp³-hybridized carbons (Fsp3) is 0.364. The van der Waals surface area contributed by atoms with Crippen molar-refractivity contribution in [2.24, 2.45) is 0 Å². The number of rotatable bonds is 5. The molecule has 1 rings (SSSR count). The molecule has 1 aromatic carbocycles. The van der Waals surface area contributed by atoms with Crippen LogP contribution in [0, 0.1) is 10.1 Å². The fourth-order valence-corrected chi connectivity index (χ4v) is 1.51. The van der Waals surface area contributed by atoms with Gasteiger partial charge in [0.25, 0.3) is 5.69 Å². The second-order valence-corrected chi connectivity index (χ2v) is 4.05. The molecule has 20 heavy (non-hydrogen) atoms. The first-order valence-electron chi connectivity index (χ1n) is 5.41. The molecule has 0 bridgehead atoms. The Morgan fingerprint density at radius 2 is 2.05 bits per heavy atom. The molecule has 0 spiro atoms. The smallest absolute Gasteiger partial charge is 0.390 e. The van der Waals surface area contributed by atoms with Gasteiger partial charge < -0.3 is 10.0 Å². The van der Waals surface area contributed by atoms with E-state index in [1.807, 2.05) is 0 Å². The fourth-order valence-electron chi connectivity index (χ4n) is 1.51. The lowest BCUT2D eigenvalue weighted by atomic mass is 10.1. The lowest BCUT2D eigenvalue weighted by Gasteiger charge is -2.20. The molecule has 0 amide bonds. The summed E-state index contributed by atoms with van der Waals surface area (Å²) >= 11 is 0. The number of benzene rings is 1. The highest BCUT2D eigenvalue weighted by Gasteiger charge is 2.28. The van der Waals surface area contributed by atoms with Crippen LogP contribution in [0.25, 0.3) is 0 Å². The van der Waals surface area contributed by atoms with Crippen LogP contribution in [0.15, 0.2) is 18.2 Å². The number of halogens is 3. The van der Waals surface area contributed by atoms with Crippen LogP contribution in [0.1, 0.15) is 16.8 Å². The highest BCUT2D eigenvalue weighted by atomic mass is 19.4. The molecule has 0 radical (unpaired) electrons. The second-order valence-electron chi connectivity index (χ2n) is 4.05. The van der Waals surface area contributed by atoms with E-state index in [0.29, 0.717) is 0 Å². The molecule has 1 aromatic rings. The molecule has 1 N–H and O–H groups in total. The topological polar surface area (TPSA) is 83.7 Å². The van der Waals surface area contributed by atoms with Crippen LogP contribution >= 0.6 is 0 Å². The zero-order valence-electron chi connectivity index (χ0n) is 10.3. The van der Waals surface area contributed by atoms with Gasteiger partial charge in [-0.05, 0) is 12.1 Å². The molecule has 110 valence electrons. The maximum atomic E-state index is 12.1. The zero-order chi connectivity index (χ0) is 15.5. The van der Waals surface area contributed by atoms with Gasteiger partial charge in [0.1, 0.15) is 5.56 Å². The highest BCUT2D eigenvalue weighted by molar-refractivity contribution is 5.93. The van der Waals surface area contributed by atoms with Crippen LogP contribution in [0.4, 0.5) is 24.5 Å². The van der Waals surface area contributed by atoms with Crippen molar-refractivity contribution in [3.63, 3.8) is 0 Å². The second kappa shape index (κ2) is 5.76. The van der Waals surface area contributed by atoms with Crippen molar-refractivity contribution >= 4 is 17.3 Å². The largest absolute Gasteiger partial charge is 0.477 e. The highest BCUT2D eigenvalue weighted by Crippen LogP contribution is 2.27. The number of carbonyl (C=O) groups is 1.